The molecule has 1 aliphatic heterocycles. The van der Waals surface area contributed by atoms with Crippen molar-refractivity contribution in [1.29, 1.82) is 0 Å². The molecule has 0 radical (unpaired) electrons. The van der Waals surface area contributed by atoms with Gasteiger partial charge in [0, 0.05) is 11.6 Å². The summed E-state index contributed by atoms with van der Waals surface area (Å²) in [6.07, 6.45) is 1.65. The van der Waals surface area contributed by atoms with E-state index >= 15 is 0 Å². The lowest BCUT2D eigenvalue weighted by molar-refractivity contribution is 0.597. The molecule has 0 spiro atoms. The number of aromatic nitrogens is 2. The summed E-state index contributed by atoms with van der Waals surface area (Å²) < 4.78 is 1.72. The van der Waals surface area contributed by atoms with Crippen molar-refractivity contribution in [2.75, 3.05) is 5.43 Å². The average molecular weight is 339 g/mol. The molecule has 0 saturated carbocycles. The summed E-state index contributed by atoms with van der Waals surface area (Å²) >= 11 is 5.89. The first-order valence-corrected chi connectivity index (χ1v) is 8.18. The zero-order chi connectivity index (χ0) is 16.5. The third kappa shape index (κ3) is 2.67. The Morgan fingerprint density at radius 2 is 1.92 bits per heavy atom. The van der Waals surface area contributed by atoms with Crippen LogP contribution in [0.3, 0.4) is 0 Å². The van der Waals surface area contributed by atoms with Gasteiger partial charge in [-0.3, -0.25) is 14.8 Å². The van der Waals surface area contributed by atoms with Crippen LogP contribution in [0, 0.1) is 0 Å². The SMILES string of the molecule is O=c1c2ccccc2nc2n1CCC/C2=N/Nc1ccc(Cl)cc1. The lowest BCUT2D eigenvalue weighted by Gasteiger charge is -2.19. The molecule has 0 aliphatic carbocycles. The van der Waals surface area contributed by atoms with Gasteiger partial charge in [0.05, 0.1) is 16.6 Å². The third-order valence-corrected chi connectivity index (χ3v) is 4.33. The van der Waals surface area contributed by atoms with Crippen molar-refractivity contribution in [2.45, 2.75) is 19.4 Å². The second-order valence-corrected chi connectivity index (χ2v) is 6.13. The van der Waals surface area contributed by atoms with Crippen LogP contribution in [-0.4, -0.2) is 15.3 Å². The first-order valence-electron chi connectivity index (χ1n) is 7.80. The molecule has 2 heterocycles. The Balaban J connectivity index is 1.76. The van der Waals surface area contributed by atoms with Gasteiger partial charge in [-0.1, -0.05) is 23.7 Å². The maximum atomic E-state index is 12.7. The Bertz CT molecular complexity index is 992. The first-order chi connectivity index (χ1) is 11.7. The van der Waals surface area contributed by atoms with Gasteiger partial charge in [0.2, 0.25) is 0 Å². The highest BCUT2D eigenvalue weighted by Gasteiger charge is 2.20. The lowest BCUT2D eigenvalue weighted by atomic mass is 10.1. The Labute approximate surface area is 143 Å². The van der Waals surface area contributed by atoms with Gasteiger partial charge in [0.25, 0.3) is 5.56 Å². The number of halogens is 1. The van der Waals surface area contributed by atoms with Crippen LogP contribution < -0.4 is 11.0 Å². The lowest BCUT2D eigenvalue weighted by Crippen LogP contribution is -2.32. The van der Waals surface area contributed by atoms with E-state index < -0.39 is 0 Å². The van der Waals surface area contributed by atoms with E-state index in [1.807, 2.05) is 36.4 Å². The molecule has 0 atom stereocenters. The van der Waals surface area contributed by atoms with Crippen molar-refractivity contribution < 1.29 is 0 Å². The number of fused-ring (bicyclic) bond motifs is 2. The third-order valence-electron chi connectivity index (χ3n) is 4.08. The minimum absolute atomic E-state index is 0.00510. The minimum Gasteiger partial charge on any atom is -0.291 e. The minimum atomic E-state index is -0.00510. The molecule has 0 saturated heterocycles. The number of rotatable bonds is 2. The van der Waals surface area contributed by atoms with Gasteiger partial charge in [0.1, 0.15) is 5.71 Å². The van der Waals surface area contributed by atoms with E-state index in [2.05, 4.69) is 15.5 Å². The van der Waals surface area contributed by atoms with Crippen molar-refractivity contribution in [3.05, 3.63) is 69.7 Å². The molecular weight excluding hydrogens is 324 g/mol. The number of nitrogens with one attached hydrogen (secondary N) is 1. The van der Waals surface area contributed by atoms with Gasteiger partial charge in [-0.15, -0.1) is 0 Å². The van der Waals surface area contributed by atoms with E-state index in [1.54, 1.807) is 16.7 Å². The predicted molar refractivity (Wildman–Crippen MR) is 96.8 cm³/mol. The zero-order valence-corrected chi connectivity index (χ0v) is 13.6. The Hall–Kier alpha value is -2.66. The molecule has 6 heteroatoms. The predicted octanol–water partition coefficient (Wildman–Crippen LogP) is 3.66. The molecule has 120 valence electrons. The molecule has 0 fully saturated rings. The smallest absolute Gasteiger partial charge is 0.261 e. The van der Waals surface area contributed by atoms with E-state index in [1.165, 1.54) is 0 Å². The number of benzene rings is 2. The van der Waals surface area contributed by atoms with Crippen LogP contribution >= 0.6 is 11.6 Å². The number of para-hydroxylation sites is 1. The van der Waals surface area contributed by atoms with Gasteiger partial charge in [-0.25, -0.2) is 4.98 Å². The maximum absolute atomic E-state index is 12.7. The summed E-state index contributed by atoms with van der Waals surface area (Å²) in [5.41, 5.74) is 5.35. The Kier molecular flexibility index (Phi) is 3.78. The van der Waals surface area contributed by atoms with Crippen molar-refractivity contribution >= 4 is 33.9 Å². The maximum Gasteiger partial charge on any atom is 0.261 e. The number of hydrazone groups is 1. The second-order valence-electron chi connectivity index (χ2n) is 5.69. The van der Waals surface area contributed by atoms with Gasteiger partial charge in [-0.05, 0) is 49.2 Å². The monoisotopic (exact) mass is 338 g/mol. The number of anilines is 1. The van der Waals surface area contributed by atoms with Gasteiger partial charge >= 0.3 is 0 Å². The molecule has 1 aliphatic rings. The normalized spacial score (nSPS) is 15.5. The standard InChI is InChI=1S/C18H15ClN4O/c19-12-7-9-13(10-8-12)21-22-16-6-3-11-23-17(16)20-15-5-2-1-4-14(15)18(23)24/h1-2,4-5,7-10,21H,3,6,11H2/b22-16-. The van der Waals surface area contributed by atoms with Crippen molar-refractivity contribution in [3.8, 4) is 0 Å². The van der Waals surface area contributed by atoms with E-state index in [9.17, 15) is 4.79 Å². The van der Waals surface area contributed by atoms with E-state index in [0.29, 0.717) is 28.3 Å². The average Bonchev–Trinajstić information content (AvgIpc) is 2.62. The van der Waals surface area contributed by atoms with Crippen molar-refractivity contribution in [1.82, 2.24) is 9.55 Å². The molecule has 0 bridgehead atoms. The van der Waals surface area contributed by atoms with Crippen molar-refractivity contribution in [2.24, 2.45) is 5.10 Å². The molecule has 24 heavy (non-hydrogen) atoms. The zero-order valence-electron chi connectivity index (χ0n) is 12.9. The number of hydrogen-bond acceptors (Lipinski definition) is 4. The summed E-state index contributed by atoms with van der Waals surface area (Å²) in [6.45, 7) is 0.673. The number of hydrogen-bond donors (Lipinski definition) is 1. The highest BCUT2D eigenvalue weighted by molar-refractivity contribution is 6.30. The summed E-state index contributed by atoms with van der Waals surface area (Å²) in [7, 11) is 0. The molecule has 1 N–H and O–H groups in total. The summed E-state index contributed by atoms with van der Waals surface area (Å²) in [4.78, 5) is 17.3. The fraction of sp³-hybridized carbons (Fsp3) is 0.167. The quantitative estimate of drug-likeness (QED) is 0.725. The summed E-state index contributed by atoms with van der Waals surface area (Å²) in [6, 6.07) is 14.7. The molecular formula is C18H15ClN4O. The molecule has 1 aromatic heterocycles. The summed E-state index contributed by atoms with van der Waals surface area (Å²) in [5.74, 6) is 0.645. The van der Waals surface area contributed by atoms with Crippen LogP contribution in [0.4, 0.5) is 5.69 Å². The Morgan fingerprint density at radius 3 is 2.75 bits per heavy atom. The summed E-state index contributed by atoms with van der Waals surface area (Å²) in [5, 5.41) is 5.80. The highest BCUT2D eigenvalue weighted by Crippen LogP contribution is 2.17. The van der Waals surface area contributed by atoms with Crippen molar-refractivity contribution in [3.63, 3.8) is 0 Å². The highest BCUT2D eigenvalue weighted by atomic mass is 35.5. The van der Waals surface area contributed by atoms with Crippen LogP contribution in [0.15, 0.2) is 58.4 Å². The molecule has 0 unspecified atom stereocenters. The van der Waals surface area contributed by atoms with Crippen LogP contribution in [0.5, 0.6) is 0 Å². The topological polar surface area (TPSA) is 59.3 Å². The largest absolute Gasteiger partial charge is 0.291 e. The second kappa shape index (κ2) is 6.09. The molecule has 0 amide bonds. The van der Waals surface area contributed by atoms with E-state index in [4.69, 9.17) is 11.6 Å². The van der Waals surface area contributed by atoms with E-state index in [-0.39, 0.29) is 5.56 Å². The van der Waals surface area contributed by atoms with Crippen LogP contribution in [0.25, 0.3) is 10.9 Å². The number of nitrogens with zero attached hydrogens (tertiary/aromatic N) is 3. The van der Waals surface area contributed by atoms with Gasteiger partial charge in [-0.2, -0.15) is 5.10 Å². The van der Waals surface area contributed by atoms with E-state index in [0.717, 1.165) is 24.2 Å². The van der Waals surface area contributed by atoms with Gasteiger partial charge < -0.3 is 0 Å². The Morgan fingerprint density at radius 1 is 1.12 bits per heavy atom. The fourth-order valence-electron chi connectivity index (χ4n) is 2.87. The van der Waals surface area contributed by atoms with Gasteiger partial charge in [0.15, 0.2) is 5.82 Å². The first kappa shape index (κ1) is 14.9. The van der Waals surface area contributed by atoms with Crippen LogP contribution in [0.2, 0.25) is 5.02 Å². The molecule has 3 aromatic rings. The molecule has 4 rings (SSSR count). The van der Waals surface area contributed by atoms with Crippen LogP contribution in [-0.2, 0) is 6.54 Å². The fourth-order valence-corrected chi connectivity index (χ4v) is 3.00. The molecule has 5 nitrogen and oxygen atoms in total. The van der Waals surface area contributed by atoms with Crippen LogP contribution in [0.1, 0.15) is 18.7 Å². The molecule has 2 aromatic carbocycles.